The summed E-state index contributed by atoms with van der Waals surface area (Å²) in [5.41, 5.74) is 2.71. The van der Waals surface area contributed by atoms with E-state index in [9.17, 15) is 0 Å². The molecule has 1 aliphatic rings. The van der Waals surface area contributed by atoms with Crippen LogP contribution >= 0.6 is 0 Å². The largest absolute Gasteiger partial charge is 0.241 e. The Bertz CT molecular complexity index is 323. The van der Waals surface area contributed by atoms with Gasteiger partial charge in [0.25, 0.3) is 0 Å². The fraction of sp³-hybridized carbons (Fsp3) is 0.636. The molecule has 1 aromatic heterocycles. The van der Waals surface area contributed by atoms with Crippen molar-refractivity contribution < 1.29 is 0 Å². The summed E-state index contributed by atoms with van der Waals surface area (Å²) in [4.78, 5) is 9.02. The van der Waals surface area contributed by atoms with Crippen LogP contribution in [0.4, 0.5) is 0 Å². The molecule has 0 saturated carbocycles. The normalized spacial score (nSPS) is 15.9. The average molecular weight is 176 g/mol. The Balaban J connectivity index is 2.42. The molecule has 2 nitrogen and oxygen atoms in total. The van der Waals surface area contributed by atoms with Crippen LogP contribution in [0.5, 0.6) is 0 Å². The van der Waals surface area contributed by atoms with E-state index >= 15 is 0 Å². The van der Waals surface area contributed by atoms with Crippen molar-refractivity contribution in [1.29, 1.82) is 0 Å². The van der Waals surface area contributed by atoms with E-state index in [1.165, 1.54) is 24.1 Å². The molecule has 0 fully saturated rings. The van der Waals surface area contributed by atoms with Crippen LogP contribution in [-0.4, -0.2) is 9.97 Å². The molecule has 0 unspecified atom stereocenters. The number of aryl methyl sites for hydroxylation is 2. The molecular weight excluding hydrogens is 160 g/mol. The van der Waals surface area contributed by atoms with Gasteiger partial charge in [-0.25, -0.2) is 9.97 Å². The van der Waals surface area contributed by atoms with Gasteiger partial charge in [0, 0.05) is 17.3 Å². The summed E-state index contributed by atoms with van der Waals surface area (Å²) in [6.45, 7) is 6.47. The Morgan fingerprint density at radius 3 is 2.69 bits per heavy atom. The van der Waals surface area contributed by atoms with Gasteiger partial charge in [-0.1, -0.05) is 20.8 Å². The molecule has 0 saturated heterocycles. The minimum atomic E-state index is 0.0810. The predicted molar refractivity (Wildman–Crippen MR) is 52.8 cm³/mol. The van der Waals surface area contributed by atoms with E-state index in [1.807, 2.05) is 6.20 Å². The van der Waals surface area contributed by atoms with Crippen molar-refractivity contribution in [3.05, 3.63) is 23.3 Å². The highest BCUT2D eigenvalue weighted by molar-refractivity contribution is 5.23. The van der Waals surface area contributed by atoms with E-state index in [-0.39, 0.29) is 5.41 Å². The minimum absolute atomic E-state index is 0.0810. The lowest BCUT2D eigenvalue weighted by Crippen LogP contribution is -2.16. The SMILES string of the molecule is CC(C)(C)c1ncc2c(n1)CCC2. The molecular formula is C11H16N2. The van der Waals surface area contributed by atoms with Crippen LogP contribution in [0.25, 0.3) is 0 Å². The molecule has 1 aliphatic carbocycles. The molecule has 0 atom stereocenters. The first kappa shape index (κ1) is 8.67. The van der Waals surface area contributed by atoms with Gasteiger partial charge in [-0.05, 0) is 24.8 Å². The van der Waals surface area contributed by atoms with Gasteiger partial charge in [-0.2, -0.15) is 0 Å². The summed E-state index contributed by atoms with van der Waals surface area (Å²) in [6.07, 6.45) is 5.56. The highest BCUT2D eigenvalue weighted by atomic mass is 14.9. The van der Waals surface area contributed by atoms with Crippen LogP contribution in [0.1, 0.15) is 44.3 Å². The molecule has 0 amide bonds. The molecule has 0 aliphatic heterocycles. The fourth-order valence-corrected chi connectivity index (χ4v) is 1.68. The molecule has 0 radical (unpaired) electrons. The van der Waals surface area contributed by atoms with Gasteiger partial charge in [0.05, 0.1) is 0 Å². The van der Waals surface area contributed by atoms with Crippen molar-refractivity contribution in [2.75, 3.05) is 0 Å². The Labute approximate surface area is 79.4 Å². The molecule has 70 valence electrons. The minimum Gasteiger partial charge on any atom is -0.241 e. The smallest absolute Gasteiger partial charge is 0.133 e. The summed E-state index contributed by atoms with van der Waals surface area (Å²) in [5.74, 6) is 0.980. The van der Waals surface area contributed by atoms with E-state index in [2.05, 4.69) is 30.7 Å². The second-order valence-corrected chi connectivity index (χ2v) is 4.77. The number of nitrogens with zero attached hydrogens (tertiary/aromatic N) is 2. The first-order chi connectivity index (χ1) is 6.07. The van der Waals surface area contributed by atoms with Crippen molar-refractivity contribution >= 4 is 0 Å². The van der Waals surface area contributed by atoms with Gasteiger partial charge in [-0.3, -0.25) is 0 Å². The summed E-state index contributed by atoms with van der Waals surface area (Å²) in [6, 6.07) is 0. The molecule has 2 rings (SSSR count). The first-order valence-corrected chi connectivity index (χ1v) is 4.92. The molecule has 1 heterocycles. The van der Waals surface area contributed by atoms with Crippen LogP contribution in [-0.2, 0) is 18.3 Å². The molecule has 0 N–H and O–H groups in total. The second-order valence-electron chi connectivity index (χ2n) is 4.77. The third-order valence-electron chi connectivity index (χ3n) is 2.48. The van der Waals surface area contributed by atoms with Gasteiger partial charge >= 0.3 is 0 Å². The molecule has 0 bridgehead atoms. The summed E-state index contributed by atoms with van der Waals surface area (Å²) in [7, 11) is 0. The van der Waals surface area contributed by atoms with Gasteiger partial charge in [0.1, 0.15) is 5.82 Å². The summed E-state index contributed by atoms with van der Waals surface area (Å²) < 4.78 is 0. The Kier molecular flexibility index (Phi) is 1.86. The van der Waals surface area contributed by atoms with E-state index in [0.717, 1.165) is 12.2 Å². The van der Waals surface area contributed by atoms with Crippen LogP contribution < -0.4 is 0 Å². The van der Waals surface area contributed by atoms with Gasteiger partial charge in [-0.15, -0.1) is 0 Å². The highest BCUT2D eigenvalue weighted by Crippen LogP contribution is 2.23. The zero-order chi connectivity index (χ0) is 9.47. The lowest BCUT2D eigenvalue weighted by Gasteiger charge is -2.16. The van der Waals surface area contributed by atoms with E-state index < -0.39 is 0 Å². The monoisotopic (exact) mass is 176 g/mol. The van der Waals surface area contributed by atoms with Crippen molar-refractivity contribution in [3.63, 3.8) is 0 Å². The van der Waals surface area contributed by atoms with Crippen molar-refractivity contribution in [2.45, 2.75) is 45.4 Å². The Hall–Kier alpha value is -0.920. The van der Waals surface area contributed by atoms with Crippen LogP contribution in [0, 0.1) is 0 Å². The first-order valence-electron chi connectivity index (χ1n) is 4.92. The molecule has 13 heavy (non-hydrogen) atoms. The second kappa shape index (κ2) is 2.79. The van der Waals surface area contributed by atoms with Crippen molar-refractivity contribution in [1.82, 2.24) is 9.97 Å². The molecule has 0 spiro atoms. The lowest BCUT2D eigenvalue weighted by molar-refractivity contribution is 0.541. The number of hydrogen-bond donors (Lipinski definition) is 0. The fourth-order valence-electron chi connectivity index (χ4n) is 1.68. The number of rotatable bonds is 0. The topological polar surface area (TPSA) is 25.8 Å². The number of fused-ring (bicyclic) bond motifs is 1. The maximum atomic E-state index is 4.61. The number of aromatic nitrogens is 2. The van der Waals surface area contributed by atoms with Crippen LogP contribution in [0.2, 0.25) is 0 Å². The predicted octanol–water partition coefficient (Wildman–Crippen LogP) is 2.26. The zero-order valence-corrected chi connectivity index (χ0v) is 8.59. The Morgan fingerprint density at radius 1 is 1.23 bits per heavy atom. The quantitative estimate of drug-likeness (QED) is 0.606. The maximum Gasteiger partial charge on any atom is 0.133 e. The molecule has 1 aromatic rings. The third kappa shape index (κ3) is 1.58. The summed E-state index contributed by atoms with van der Waals surface area (Å²) in [5, 5.41) is 0. The Morgan fingerprint density at radius 2 is 2.00 bits per heavy atom. The van der Waals surface area contributed by atoms with Gasteiger partial charge in [0.2, 0.25) is 0 Å². The molecule has 0 aromatic carbocycles. The van der Waals surface area contributed by atoms with Crippen molar-refractivity contribution in [3.8, 4) is 0 Å². The van der Waals surface area contributed by atoms with Crippen LogP contribution in [0.15, 0.2) is 6.20 Å². The van der Waals surface area contributed by atoms with E-state index in [0.29, 0.717) is 0 Å². The van der Waals surface area contributed by atoms with E-state index in [1.54, 1.807) is 0 Å². The lowest BCUT2D eigenvalue weighted by atomic mass is 9.95. The average Bonchev–Trinajstić information content (AvgIpc) is 2.47. The van der Waals surface area contributed by atoms with E-state index in [4.69, 9.17) is 0 Å². The third-order valence-corrected chi connectivity index (χ3v) is 2.48. The summed E-state index contributed by atoms with van der Waals surface area (Å²) >= 11 is 0. The van der Waals surface area contributed by atoms with Crippen molar-refractivity contribution in [2.24, 2.45) is 0 Å². The zero-order valence-electron chi connectivity index (χ0n) is 8.59. The highest BCUT2D eigenvalue weighted by Gasteiger charge is 2.20. The maximum absolute atomic E-state index is 4.61. The van der Waals surface area contributed by atoms with Gasteiger partial charge in [0.15, 0.2) is 0 Å². The standard InChI is InChI=1S/C11H16N2/c1-11(2,3)10-12-7-8-5-4-6-9(8)13-10/h7H,4-6H2,1-3H3. The number of hydrogen-bond acceptors (Lipinski definition) is 2. The van der Waals surface area contributed by atoms with Crippen LogP contribution in [0.3, 0.4) is 0 Å². The molecule has 2 heteroatoms. The van der Waals surface area contributed by atoms with Gasteiger partial charge < -0.3 is 0 Å².